The number of nitrogens with zero attached hydrogens (tertiary/aromatic N) is 3. The van der Waals surface area contributed by atoms with E-state index in [9.17, 15) is 4.39 Å². The second-order valence-corrected chi connectivity index (χ2v) is 6.97. The minimum absolute atomic E-state index is 0.189. The minimum Gasteiger partial charge on any atom is -0.369 e. The van der Waals surface area contributed by atoms with Crippen LogP contribution in [-0.4, -0.2) is 43.7 Å². The maximum Gasteiger partial charge on any atom is 0.191 e. The molecule has 0 saturated carbocycles. The first kappa shape index (κ1) is 19.1. The van der Waals surface area contributed by atoms with Crippen molar-refractivity contribution in [3.8, 4) is 0 Å². The molecule has 144 valence electrons. The third kappa shape index (κ3) is 5.67. The zero-order valence-corrected chi connectivity index (χ0v) is 16.1. The zero-order valence-electron chi connectivity index (χ0n) is 16.1. The summed E-state index contributed by atoms with van der Waals surface area (Å²) in [5.41, 5.74) is 3.18. The van der Waals surface area contributed by atoms with E-state index in [2.05, 4.69) is 31.6 Å². The fourth-order valence-electron chi connectivity index (χ4n) is 3.36. The van der Waals surface area contributed by atoms with Crippen LogP contribution in [0.15, 0.2) is 47.6 Å². The number of guanidine groups is 1. The summed E-state index contributed by atoms with van der Waals surface area (Å²) >= 11 is 0. The quantitative estimate of drug-likeness (QED) is 0.629. The van der Waals surface area contributed by atoms with Crippen LogP contribution in [0, 0.1) is 12.7 Å². The summed E-state index contributed by atoms with van der Waals surface area (Å²) in [5, 5.41) is 6.88. The third-order valence-corrected chi connectivity index (χ3v) is 4.84. The largest absolute Gasteiger partial charge is 0.369 e. The first-order valence-electron chi connectivity index (χ1n) is 9.53. The van der Waals surface area contributed by atoms with Gasteiger partial charge in [-0.2, -0.15) is 0 Å². The van der Waals surface area contributed by atoms with Crippen LogP contribution in [-0.2, 0) is 6.42 Å². The van der Waals surface area contributed by atoms with Gasteiger partial charge in [0.1, 0.15) is 5.82 Å². The first-order valence-corrected chi connectivity index (χ1v) is 9.53. The number of rotatable bonds is 5. The summed E-state index contributed by atoms with van der Waals surface area (Å²) < 4.78 is 13.5. The van der Waals surface area contributed by atoms with Crippen LogP contribution in [0.1, 0.15) is 24.1 Å². The number of hydrogen-bond donors (Lipinski definition) is 2. The lowest BCUT2D eigenvalue weighted by atomic mass is 10.0. The van der Waals surface area contributed by atoms with Gasteiger partial charge in [0.2, 0.25) is 0 Å². The number of nitrogens with one attached hydrogen (secondary N) is 2. The van der Waals surface area contributed by atoms with Crippen LogP contribution in [0.3, 0.4) is 0 Å². The van der Waals surface area contributed by atoms with Crippen molar-refractivity contribution in [2.75, 3.05) is 31.6 Å². The Morgan fingerprint density at radius 2 is 2.22 bits per heavy atom. The van der Waals surface area contributed by atoms with Crippen molar-refractivity contribution in [1.29, 1.82) is 0 Å². The number of aliphatic imine (C=N–C) groups is 1. The molecule has 1 aliphatic rings. The Bertz CT molecular complexity index is 759. The zero-order chi connectivity index (χ0) is 19.1. The maximum absolute atomic E-state index is 13.5. The molecule has 1 unspecified atom stereocenters. The van der Waals surface area contributed by atoms with Crippen molar-refractivity contribution >= 4 is 11.6 Å². The normalized spacial score (nSPS) is 17.7. The summed E-state index contributed by atoms with van der Waals surface area (Å²) in [5.74, 6) is 0.617. The molecule has 2 aromatic rings. The second kappa shape index (κ2) is 9.35. The van der Waals surface area contributed by atoms with E-state index in [1.54, 1.807) is 19.2 Å². The Morgan fingerprint density at radius 1 is 1.33 bits per heavy atom. The van der Waals surface area contributed by atoms with Crippen LogP contribution in [0.2, 0.25) is 0 Å². The topological polar surface area (TPSA) is 52.6 Å². The molecule has 0 spiro atoms. The van der Waals surface area contributed by atoms with E-state index in [4.69, 9.17) is 0 Å². The van der Waals surface area contributed by atoms with Gasteiger partial charge in [0.05, 0.1) is 0 Å². The lowest BCUT2D eigenvalue weighted by Gasteiger charge is -2.35. The summed E-state index contributed by atoms with van der Waals surface area (Å²) in [6, 6.07) is 11.2. The van der Waals surface area contributed by atoms with E-state index in [0.29, 0.717) is 0 Å². The average molecular weight is 369 g/mol. The molecule has 1 atom stereocenters. The number of halogens is 1. The van der Waals surface area contributed by atoms with Crippen LogP contribution in [0.5, 0.6) is 0 Å². The van der Waals surface area contributed by atoms with Gasteiger partial charge in [0.25, 0.3) is 0 Å². The fraction of sp³-hybridized carbons (Fsp3) is 0.429. The van der Waals surface area contributed by atoms with Gasteiger partial charge >= 0.3 is 0 Å². The van der Waals surface area contributed by atoms with Gasteiger partial charge in [-0.15, -0.1) is 0 Å². The van der Waals surface area contributed by atoms with Gasteiger partial charge in [-0.25, -0.2) is 4.39 Å². The molecule has 5 nitrogen and oxygen atoms in total. The number of hydrogen-bond acceptors (Lipinski definition) is 3. The molecule has 1 aliphatic heterocycles. The molecule has 0 bridgehead atoms. The Kier molecular flexibility index (Phi) is 6.63. The highest BCUT2D eigenvalue weighted by Gasteiger charge is 2.21. The van der Waals surface area contributed by atoms with Crippen LogP contribution in [0.4, 0.5) is 10.1 Å². The van der Waals surface area contributed by atoms with Crippen molar-refractivity contribution in [3.05, 3.63) is 59.7 Å². The van der Waals surface area contributed by atoms with Gasteiger partial charge in [0.15, 0.2) is 5.96 Å². The average Bonchev–Trinajstić information content (AvgIpc) is 2.69. The second-order valence-electron chi connectivity index (χ2n) is 6.97. The predicted molar refractivity (Wildman–Crippen MR) is 109 cm³/mol. The van der Waals surface area contributed by atoms with Gasteiger partial charge in [-0.3, -0.25) is 9.98 Å². The van der Waals surface area contributed by atoms with Crippen LogP contribution < -0.4 is 15.5 Å². The first-order chi connectivity index (χ1) is 13.1. The molecule has 0 radical (unpaired) electrons. The van der Waals surface area contributed by atoms with E-state index in [1.165, 1.54) is 11.6 Å². The smallest absolute Gasteiger partial charge is 0.191 e. The Hall–Kier alpha value is -2.63. The van der Waals surface area contributed by atoms with Crippen molar-refractivity contribution in [2.45, 2.75) is 32.2 Å². The summed E-state index contributed by atoms with van der Waals surface area (Å²) in [6.07, 6.45) is 4.97. The highest BCUT2D eigenvalue weighted by molar-refractivity contribution is 5.80. The highest BCUT2D eigenvalue weighted by Crippen LogP contribution is 2.20. The number of benzene rings is 1. The van der Waals surface area contributed by atoms with Crippen molar-refractivity contribution in [1.82, 2.24) is 15.6 Å². The third-order valence-electron chi connectivity index (χ3n) is 4.84. The van der Waals surface area contributed by atoms with Crippen LogP contribution >= 0.6 is 0 Å². The SMILES string of the molecule is CN=C(NCCc1ccc(C)nc1)NC1CCCN(c2cccc(F)c2)C1. The summed E-state index contributed by atoms with van der Waals surface area (Å²) in [6.45, 7) is 4.58. The molecule has 27 heavy (non-hydrogen) atoms. The molecule has 2 heterocycles. The van der Waals surface area contributed by atoms with E-state index < -0.39 is 0 Å². The molecule has 1 aromatic carbocycles. The lowest BCUT2D eigenvalue weighted by molar-refractivity contribution is 0.467. The fourth-order valence-corrected chi connectivity index (χ4v) is 3.36. The molecule has 1 saturated heterocycles. The maximum atomic E-state index is 13.5. The number of anilines is 1. The molecule has 3 rings (SSSR count). The van der Waals surface area contributed by atoms with Gasteiger partial charge < -0.3 is 15.5 Å². The van der Waals surface area contributed by atoms with Gasteiger partial charge in [-0.1, -0.05) is 12.1 Å². The van der Waals surface area contributed by atoms with Crippen molar-refractivity contribution in [2.24, 2.45) is 4.99 Å². The van der Waals surface area contributed by atoms with E-state index in [-0.39, 0.29) is 11.9 Å². The van der Waals surface area contributed by atoms with Gasteiger partial charge in [-0.05, 0) is 56.0 Å². The standard InChI is InChI=1S/C21H28FN5/c1-16-8-9-17(14-25-16)10-11-24-21(23-2)26-19-6-4-12-27(15-19)20-7-3-5-18(22)13-20/h3,5,7-9,13-14,19H,4,6,10-12,15H2,1-2H3,(H2,23,24,26). The molecule has 0 aliphatic carbocycles. The number of pyridine rings is 1. The Labute approximate surface area is 160 Å². The van der Waals surface area contributed by atoms with Crippen molar-refractivity contribution in [3.63, 3.8) is 0 Å². The van der Waals surface area contributed by atoms with Crippen LogP contribution in [0.25, 0.3) is 0 Å². The molecular formula is C21H28FN5. The molecule has 1 aromatic heterocycles. The predicted octanol–water partition coefficient (Wildman–Crippen LogP) is 2.91. The Balaban J connectivity index is 1.49. The molecule has 6 heteroatoms. The Morgan fingerprint density at radius 3 is 2.96 bits per heavy atom. The van der Waals surface area contributed by atoms with E-state index in [1.807, 2.05) is 25.3 Å². The number of aryl methyl sites for hydroxylation is 1. The summed E-state index contributed by atoms with van der Waals surface area (Å²) in [7, 11) is 1.79. The van der Waals surface area contributed by atoms with E-state index in [0.717, 1.165) is 56.2 Å². The molecule has 2 N–H and O–H groups in total. The molecule has 1 fully saturated rings. The number of aromatic nitrogens is 1. The molecule has 0 amide bonds. The van der Waals surface area contributed by atoms with E-state index >= 15 is 0 Å². The molecular weight excluding hydrogens is 341 g/mol. The highest BCUT2D eigenvalue weighted by atomic mass is 19.1. The lowest BCUT2D eigenvalue weighted by Crippen LogP contribution is -2.51. The minimum atomic E-state index is -0.189. The van der Waals surface area contributed by atoms with Gasteiger partial charge in [0, 0.05) is 50.3 Å². The summed E-state index contributed by atoms with van der Waals surface area (Å²) in [4.78, 5) is 10.9. The number of piperidine rings is 1. The van der Waals surface area contributed by atoms with Crippen molar-refractivity contribution < 1.29 is 4.39 Å². The monoisotopic (exact) mass is 369 g/mol.